The van der Waals surface area contributed by atoms with Gasteiger partial charge in [-0.1, -0.05) is 0 Å². The fraction of sp³-hybridized carbons (Fsp3) is 0.158. The molecule has 0 saturated heterocycles. The number of carbonyl (C=O) groups is 1. The largest absolute Gasteiger partial charge is 0.298 e. The summed E-state index contributed by atoms with van der Waals surface area (Å²) in [5, 5.41) is 9.81. The molecular formula is C19H15F2N5OS. The maximum absolute atomic E-state index is 13.4. The highest BCUT2D eigenvalue weighted by Crippen LogP contribution is 2.27. The highest BCUT2D eigenvalue weighted by atomic mass is 32.1. The normalized spacial score (nSPS) is 11.2. The number of fused-ring (bicyclic) bond motifs is 1. The van der Waals surface area contributed by atoms with E-state index in [0.29, 0.717) is 44.4 Å². The predicted octanol–water partition coefficient (Wildman–Crippen LogP) is 4.24. The minimum absolute atomic E-state index is 0.335. The third kappa shape index (κ3) is 3.13. The Morgan fingerprint density at radius 2 is 1.93 bits per heavy atom. The molecule has 0 aliphatic heterocycles. The molecule has 3 aromatic heterocycles. The summed E-state index contributed by atoms with van der Waals surface area (Å²) in [7, 11) is 1.78. The van der Waals surface area contributed by atoms with Crippen LogP contribution in [0.5, 0.6) is 0 Å². The second kappa shape index (κ2) is 6.75. The zero-order valence-corrected chi connectivity index (χ0v) is 16.1. The number of benzene rings is 1. The van der Waals surface area contributed by atoms with Crippen LogP contribution in [-0.4, -0.2) is 25.7 Å². The number of thiazole rings is 1. The van der Waals surface area contributed by atoms with Gasteiger partial charge in [0.15, 0.2) is 22.4 Å². The average molecular weight is 399 g/mol. The second-order valence-corrected chi connectivity index (χ2v) is 7.20. The Balaban J connectivity index is 1.66. The molecule has 1 amide bonds. The number of amides is 1. The fourth-order valence-corrected chi connectivity index (χ4v) is 3.75. The molecule has 3 heterocycles. The van der Waals surface area contributed by atoms with Crippen molar-refractivity contribution in [3.05, 3.63) is 58.2 Å². The summed E-state index contributed by atoms with van der Waals surface area (Å²) in [6.07, 6.45) is 0. The minimum atomic E-state index is -0.946. The van der Waals surface area contributed by atoms with Crippen molar-refractivity contribution in [3.63, 3.8) is 0 Å². The fourth-order valence-electron chi connectivity index (χ4n) is 3.03. The zero-order chi connectivity index (χ0) is 20.0. The van der Waals surface area contributed by atoms with Gasteiger partial charge in [0, 0.05) is 23.7 Å². The van der Waals surface area contributed by atoms with Crippen LogP contribution in [0.15, 0.2) is 29.6 Å². The standard InChI is InChI=1S/C19H15F2N5OS/c1-9-6-12(16-10(2)25-26(3)17(16)22-9)18(27)24-19-23-15(8-28-19)11-4-5-13(20)14(21)7-11/h4-8H,1-3H3,(H,23,24,27). The van der Waals surface area contributed by atoms with Gasteiger partial charge in [0.25, 0.3) is 5.91 Å². The van der Waals surface area contributed by atoms with Crippen LogP contribution in [0.25, 0.3) is 22.3 Å². The van der Waals surface area contributed by atoms with Crippen molar-refractivity contribution in [2.45, 2.75) is 13.8 Å². The van der Waals surface area contributed by atoms with Crippen LogP contribution < -0.4 is 5.32 Å². The Bertz CT molecular complexity index is 1230. The van der Waals surface area contributed by atoms with Crippen molar-refractivity contribution in [1.82, 2.24) is 19.7 Å². The van der Waals surface area contributed by atoms with Crippen molar-refractivity contribution in [3.8, 4) is 11.3 Å². The van der Waals surface area contributed by atoms with Gasteiger partial charge in [-0.05, 0) is 38.1 Å². The molecular weight excluding hydrogens is 384 g/mol. The first-order valence-corrected chi connectivity index (χ1v) is 9.24. The first-order chi connectivity index (χ1) is 13.3. The highest BCUT2D eigenvalue weighted by molar-refractivity contribution is 7.14. The van der Waals surface area contributed by atoms with Crippen LogP contribution in [0.2, 0.25) is 0 Å². The molecule has 0 atom stereocenters. The number of hydrogen-bond donors (Lipinski definition) is 1. The second-order valence-electron chi connectivity index (χ2n) is 6.34. The Labute approximate surface area is 162 Å². The lowest BCUT2D eigenvalue weighted by Crippen LogP contribution is -2.13. The Morgan fingerprint density at radius 3 is 2.68 bits per heavy atom. The van der Waals surface area contributed by atoms with Crippen molar-refractivity contribution in [2.75, 3.05) is 5.32 Å². The van der Waals surface area contributed by atoms with Crippen molar-refractivity contribution in [1.29, 1.82) is 0 Å². The summed E-state index contributed by atoms with van der Waals surface area (Å²) in [5.41, 5.74) is 3.37. The monoisotopic (exact) mass is 399 g/mol. The van der Waals surface area contributed by atoms with Gasteiger partial charge in [0.2, 0.25) is 0 Å². The molecule has 0 radical (unpaired) electrons. The number of aryl methyl sites for hydroxylation is 3. The van der Waals surface area contributed by atoms with E-state index in [2.05, 4.69) is 20.4 Å². The molecule has 0 aliphatic carbocycles. The zero-order valence-electron chi connectivity index (χ0n) is 15.2. The van der Waals surface area contributed by atoms with Gasteiger partial charge in [-0.2, -0.15) is 5.10 Å². The summed E-state index contributed by atoms with van der Waals surface area (Å²) in [4.78, 5) is 21.6. The lowest BCUT2D eigenvalue weighted by atomic mass is 10.1. The molecule has 4 rings (SSSR count). The average Bonchev–Trinajstić information content (AvgIpc) is 3.21. The molecule has 0 aliphatic rings. The minimum Gasteiger partial charge on any atom is -0.298 e. The van der Waals surface area contributed by atoms with Crippen LogP contribution in [0.4, 0.5) is 13.9 Å². The van der Waals surface area contributed by atoms with Gasteiger partial charge >= 0.3 is 0 Å². The summed E-state index contributed by atoms with van der Waals surface area (Å²) < 4.78 is 28.2. The van der Waals surface area contributed by atoms with E-state index in [1.807, 2.05) is 13.8 Å². The Morgan fingerprint density at radius 1 is 1.14 bits per heavy atom. The molecule has 142 valence electrons. The summed E-state index contributed by atoms with van der Waals surface area (Å²) in [6.45, 7) is 3.63. The maximum atomic E-state index is 13.4. The summed E-state index contributed by atoms with van der Waals surface area (Å²) in [5.74, 6) is -2.20. The number of carbonyl (C=O) groups excluding carboxylic acids is 1. The van der Waals surface area contributed by atoms with Gasteiger partial charge in [0.05, 0.1) is 22.3 Å². The number of rotatable bonds is 3. The molecule has 0 bridgehead atoms. The van der Waals surface area contributed by atoms with Gasteiger partial charge < -0.3 is 0 Å². The molecule has 1 aromatic carbocycles. The first kappa shape index (κ1) is 18.2. The molecule has 6 nitrogen and oxygen atoms in total. The van der Waals surface area contributed by atoms with E-state index in [1.54, 1.807) is 23.2 Å². The molecule has 28 heavy (non-hydrogen) atoms. The molecule has 9 heteroatoms. The third-order valence-electron chi connectivity index (χ3n) is 4.28. The molecule has 4 aromatic rings. The topological polar surface area (TPSA) is 72.7 Å². The van der Waals surface area contributed by atoms with Crippen LogP contribution in [0, 0.1) is 25.5 Å². The van der Waals surface area contributed by atoms with E-state index >= 15 is 0 Å². The molecule has 0 spiro atoms. The predicted molar refractivity (Wildman–Crippen MR) is 103 cm³/mol. The van der Waals surface area contributed by atoms with Crippen molar-refractivity contribution < 1.29 is 13.6 Å². The summed E-state index contributed by atoms with van der Waals surface area (Å²) >= 11 is 1.20. The number of hydrogen-bond acceptors (Lipinski definition) is 5. The van der Waals surface area contributed by atoms with E-state index in [0.717, 1.165) is 12.1 Å². The number of nitrogens with one attached hydrogen (secondary N) is 1. The maximum Gasteiger partial charge on any atom is 0.258 e. The number of nitrogens with zero attached hydrogens (tertiary/aromatic N) is 4. The van der Waals surface area contributed by atoms with Crippen LogP contribution in [0.3, 0.4) is 0 Å². The van der Waals surface area contributed by atoms with Crippen LogP contribution >= 0.6 is 11.3 Å². The quantitative estimate of drug-likeness (QED) is 0.559. The highest BCUT2D eigenvalue weighted by Gasteiger charge is 2.19. The number of pyridine rings is 1. The van der Waals surface area contributed by atoms with E-state index in [9.17, 15) is 13.6 Å². The van der Waals surface area contributed by atoms with Gasteiger partial charge in [-0.3, -0.25) is 14.8 Å². The van der Waals surface area contributed by atoms with E-state index in [-0.39, 0.29) is 5.91 Å². The van der Waals surface area contributed by atoms with E-state index < -0.39 is 11.6 Å². The lowest BCUT2D eigenvalue weighted by Gasteiger charge is -2.05. The van der Waals surface area contributed by atoms with E-state index in [4.69, 9.17) is 0 Å². The Hall–Kier alpha value is -3.20. The lowest BCUT2D eigenvalue weighted by molar-refractivity contribution is 0.102. The smallest absolute Gasteiger partial charge is 0.258 e. The number of halogens is 2. The molecule has 0 saturated carbocycles. The first-order valence-electron chi connectivity index (χ1n) is 8.36. The van der Waals surface area contributed by atoms with Crippen LogP contribution in [-0.2, 0) is 7.05 Å². The summed E-state index contributed by atoms with van der Waals surface area (Å²) in [6, 6.07) is 5.26. The van der Waals surface area contributed by atoms with Gasteiger partial charge in [-0.15, -0.1) is 11.3 Å². The number of aromatic nitrogens is 4. The number of anilines is 1. The third-order valence-corrected chi connectivity index (χ3v) is 5.04. The molecule has 0 fully saturated rings. The van der Waals surface area contributed by atoms with Gasteiger partial charge in [-0.25, -0.2) is 18.7 Å². The SMILES string of the molecule is Cc1cc(C(=O)Nc2nc(-c3ccc(F)c(F)c3)cs2)c2c(C)nn(C)c2n1. The molecule has 0 unspecified atom stereocenters. The van der Waals surface area contributed by atoms with Crippen molar-refractivity contribution >= 4 is 33.4 Å². The molecule has 1 N–H and O–H groups in total. The van der Waals surface area contributed by atoms with Crippen molar-refractivity contribution in [2.24, 2.45) is 7.05 Å². The van der Waals surface area contributed by atoms with Crippen LogP contribution in [0.1, 0.15) is 21.7 Å². The Kier molecular flexibility index (Phi) is 4.38. The van der Waals surface area contributed by atoms with E-state index in [1.165, 1.54) is 17.4 Å². The van der Waals surface area contributed by atoms with Gasteiger partial charge in [0.1, 0.15) is 0 Å².